The van der Waals surface area contributed by atoms with Crippen LogP contribution in [0.3, 0.4) is 0 Å². The maximum absolute atomic E-state index is 13.1. The summed E-state index contributed by atoms with van der Waals surface area (Å²) < 4.78 is 27.8. The molecule has 1 aromatic carbocycles. The van der Waals surface area contributed by atoms with E-state index in [-0.39, 0.29) is 16.8 Å². The summed E-state index contributed by atoms with van der Waals surface area (Å²) in [7, 11) is -3.60. The molecule has 2 fully saturated rings. The number of hydrogen-bond donors (Lipinski definition) is 0. The lowest BCUT2D eigenvalue weighted by Crippen LogP contribution is -2.49. The number of piperazine rings is 1. The van der Waals surface area contributed by atoms with Gasteiger partial charge in [0.2, 0.25) is 16.0 Å². The highest BCUT2D eigenvalue weighted by molar-refractivity contribution is 7.89. The Kier molecular flexibility index (Phi) is 6.01. The second kappa shape index (κ2) is 8.69. The van der Waals surface area contributed by atoms with Gasteiger partial charge in [0, 0.05) is 56.7 Å². The number of nitrogens with zero attached hydrogens (tertiary/aromatic N) is 5. The molecule has 2 aliphatic heterocycles. The minimum Gasteiger partial charge on any atom is -0.337 e. The van der Waals surface area contributed by atoms with E-state index in [1.807, 2.05) is 11.8 Å². The fourth-order valence-corrected chi connectivity index (χ4v) is 5.85. The highest BCUT2D eigenvalue weighted by atomic mass is 32.2. The predicted molar refractivity (Wildman–Crippen MR) is 114 cm³/mol. The SMILES string of the molecule is C[C@@H]1CCCCN1S(=O)(=O)c1cccc(C(=O)N2CCN(c3ncccn3)CC2)c1. The number of anilines is 1. The monoisotopic (exact) mass is 429 g/mol. The van der Waals surface area contributed by atoms with Gasteiger partial charge >= 0.3 is 0 Å². The molecule has 0 N–H and O–H groups in total. The predicted octanol–water partition coefficient (Wildman–Crippen LogP) is 2.00. The van der Waals surface area contributed by atoms with Crippen molar-refractivity contribution in [2.75, 3.05) is 37.6 Å². The van der Waals surface area contributed by atoms with Crippen LogP contribution in [0.15, 0.2) is 47.6 Å². The minimum absolute atomic E-state index is 0.0172. The molecule has 0 spiro atoms. The summed E-state index contributed by atoms with van der Waals surface area (Å²) in [6, 6.07) is 8.20. The Labute approximate surface area is 177 Å². The zero-order chi connectivity index (χ0) is 21.1. The van der Waals surface area contributed by atoms with Gasteiger partial charge in [-0.1, -0.05) is 12.5 Å². The summed E-state index contributed by atoms with van der Waals surface area (Å²) in [6.07, 6.45) is 6.19. The first-order valence-corrected chi connectivity index (χ1v) is 11.8. The highest BCUT2D eigenvalue weighted by Crippen LogP contribution is 2.26. The van der Waals surface area contributed by atoms with Gasteiger partial charge < -0.3 is 9.80 Å². The normalized spacial score (nSPS) is 20.9. The number of sulfonamides is 1. The molecule has 4 rings (SSSR count). The van der Waals surface area contributed by atoms with Gasteiger partial charge in [-0.2, -0.15) is 4.31 Å². The van der Waals surface area contributed by atoms with Gasteiger partial charge in [-0.3, -0.25) is 4.79 Å². The van der Waals surface area contributed by atoms with Crippen molar-refractivity contribution in [1.29, 1.82) is 0 Å². The van der Waals surface area contributed by atoms with E-state index in [9.17, 15) is 13.2 Å². The van der Waals surface area contributed by atoms with E-state index in [0.29, 0.717) is 44.2 Å². The molecule has 2 saturated heterocycles. The first-order chi connectivity index (χ1) is 14.5. The number of aromatic nitrogens is 2. The van der Waals surface area contributed by atoms with Gasteiger partial charge in [-0.15, -0.1) is 0 Å². The number of piperidine rings is 1. The molecule has 2 aromatic rings. The number of hydrogen-bond acceptors (Lipinski definition) is 6. The van der Waals surface area contributed by atoms with Crippen LogP contribution in [-0.4, -0.2) is 72.3 Å². The third-order valence-corrected chi connectivity index (χ3v) is 7.84. The van der Waals surface area contributed by atoms with Crippen LogP contribution in [0.5, 0.6) is 0 Å². The molecule has 1 atom stereocenters. The number of carbonyl (C=O) groups excluding carboxylic acids is 1. The average molecular weight is 430 g/mol. The molecule has 160 valence electrons. The average Bonchev–Trinajstić information content (AvgIpc) is 2.79. The fourth-order valence-electron chi connectivity index (χ4n) is 4.10. The van der Waals surface area contributed by atoms with Crippen LogP contribution in [0.2, 0.25) is 0 Å². The molecule has 1 amide bonds. The Morgan fingerprint density at radius 2 is 1.73 bits per heavy atom. The van der Waals surface area contributed by atoms with E-state index < -0.39 is 10.0 Å². The van der Waals surface area contributed by atoms with Crippen molar-refractivity contribution < 1.29 is 13.2 Å². The molecular weight excluding hydrogens is 402 g/mol. The van der Waals surface area contributed by atoms with Crippen molar-refractivity contribution in [2.45, 2.75) is 37.1 Å². The lowest BCUT2D eigenvalue weighted by Gasteiger charge is -2.35. The van der Waals surface area contributed by atoms with Crippen molar-refractivity contribution in [3.8, 4) is 0 Å². The fraction of sp³-hybridized carbons (Fsp3) is 0.476. The van der Waals surface area contributed by atoms with Crippen molar-refractivity contribution in [1.82, 2.24) is 19.2 Å². The molecule has 0 bridgehead atoms. The van der Waals surface area contributed by atoms with Crippen molar-refractivity contribution >= 4 is 21.9 Å². The van der Waals surface area contributed by atoms with Crippen molar-refractivity contribution in [3.63, 3.8) is 0 Å². The second-order valence-electron chi connectivity index (χ2n) is 7.82. The number of rotatable bonds is 4. The first kappa shape index (κ1) is 20.7. The Morgan fingerprint density at radius 3 is 2.43 bits per heavy atom. The van der Waals surface area contributed by atoms with Crippen molar-refractivity contribution in [2.24, 2.45) is 0 Å². The van der Waals surface area contributed by atoms with Crippen LogP contribution in [0.25, 0.3) is 0 Å². The van der Waals surface area contributed by atoms with Gasteiger partial charge in [0.15, 0.2) is 0 Å². The highest BCUT2D eigenvalue weighted by Gasteiger charge is 2.32. The molecule has 3 heterocycles. The van der Waals surface area contributed by atoms with Crippen LogP contribution >= 0.6 is 0 Å². The van der Waals surface area contributed by atoms with E-state index in [1.165, 1.54) is 6.07 Å². The van der Waals surface area contributed by atoms with E-state index >= 15 is 0 Å². The molecule has 30 heavy (non-hydrogen) atoms. The third-order valence-electron chi connectivity index (χ3n) is 5.83. The molecule has 8 nitrogen and oxygen atoms in total. The third kappa shape index (κ3) is 4.17. The number of amides is 1. The van der Waals surface area contributed by atoms with Gasteiger partial charge in [-0.25, -0.2) is 18.4 Å². The van der Waals surface area contributed by atoms with Crippen molar-refractivity contribution in [3.05, 3.63) is 48.3 Å². The smallest absolute Gasteiger partial charge is 0.254 e. The lowest BCUT2D eigenvalue weighted by atomic mass is 10.1. The molecule has 0 unspecified atom stereocenters. The molecular formula is C21H27N5O3S. The Bertz CT molecular complexity index is 991. The van der Waals surface area contributed by atoms with E-state index in [1.54, 1.807) is 45.9 Å². The quantitative estimate of drug-likeness (QED) is 0.739. The van der Waals surface area contributed by atoms with E-state index in [4.69, 9.17) is 0 Å². The lowest BCUT2D eigenvalue weighted by molar-refractivity contribution is 0.0746. The van der Waals surface area contributed by atoms with Gasteiger partial charge in [0.25, 0.3) is 5.91 Å². The van der Waals surface area contributed by atoms with Crippen LogP contribution in [0.1, 0.15) is 36.5 Å². The maximum Gasteiger partial charge on any atom is 0.254 e. The van der Waals surface area contributed by atoms with E-state index in [2.05, 4.69) is 9.97 Å². The topological polar surface area (TPSA) is 86.7 Å². The van der Waals surface area contributed by atoms with Crippen LogP contribution < -0.4 is 4.90 Å². The summed E-state index contributed by atoms with van der Waals surface area (Å²) in [5.41, 5.74) is 0.408. The number of benzene rings is 1. The zero-order valence-corrected chi connectivity index (χ0v) is 18.0. The molecule has 9 heteroatoms. The zero-order valence-electron chi connectivity index (χ0n) is 17.1. The van der Waals surface area contributed by atoms with Crippen LogP contribution in [0.4, 0.5) is 5.95 Å². The van der Waals surface area contributed by atoms with Gasteiger partial charge in [0.1, 0.15) is 0 Å². The van der Waals surface area contributed by atoms with Crippen LogP contribution in [-0.2, 0) is 10.0 Å². The van der Waals surface area contributed by atoms with Crippen LogP contribution in [0, 0.1) is 0 Å². The van der Waals surface area contributed by atoms with Gasteiger partial charge in [-0.05, 0) is 44.0 Å². The number of carbonyl (C=O) groups is 1. The maximum atomic E-state index is 13.1. The van der Waals surface area contributed by atoms with Gasteiger partial charge in [0.05, 0.1) is 4.90 Å². The molecule has 0 aliphatic carbocycles. The Morgan fingerprint density at radius 1 is 1.00 bits per heavy atom. The summed E-state index contributed by atoms with van der Waals surface area (Å²) in [5.74, 6) is 0.515. The molecule has 0 radical (unpaired) electrons. The Hall–Kier alpha value is -2.52. The second-order valence-corrected chi connectivity index (χ2v) is 9.71. The Balaban J connectivity index is 1.47. The summed E-state index contributed by atoms with van der Waals surface area (Å²) >= 11 is 0. The standard InChI is InChI=1S/C21H27N5O3S/c1-17-6-2-3-11-26(17)30(28,29)19-8-4-7-18(16-19)20(27)24-12-14-25(15-13-24)21-22-9-5-10-23-21/h4-5,7-10,16-17H,2-3,6,11-15H2,1H3/t17-/m1/s1. The largest absolute Gasteiger partial charge is 0.337 e. The molecule has 2 aliphatic rings. The summed E-state index contributed by atoms with van der Waals surface area (Å²) in [5, 5.41) is 0. The van der Waals surface area contributed by atoms with E-state index in [0.717, 1.165) is 19.3 Å². The summed E-state index contributed by atoms with van der Waals surface area (Å²) in [6.45, 7) is 4.83. The molecule has 0 saturated carbocycles. The summed E-state index contributed by atoms with van der Waals surface area (Å²) in [4.78, 5) is 25.5. The first-order valence-electron chi connectivity index (χ1n) is 10.4. The molecule has 1 aromatic heterocycles. The minimum atomic E-state index is -3.60.